The van der Waals surface area contributed by atoms with Crippen LogP contribution in [0.25, 0.3) is 10.9 Å². The van der Waals surface area contributed by atoms with Gasteiger partial charge in [-0.05, 0) is 42.7 Å². The number of nitrogens with one attached hydrogen (secondary N) is 2. The number of hydrogen-bond donors (Lipinski definition) is 2. The lowest BCUT2D eigenvalue weighted by atomic mass is 9.99. The molecule has 0 saturated carbocycles. The van der Waals surface area contributed by atoms with Crippen LogP contribution in [0, 0.1) is 18.7 Å². The molecule has 0 spiro atoms. The minimum atomic E-state index is -0.493. The number of carbonyl (C=O) groups excluding carboxylic acids is 1. The third-order valence-electron chi connectivity index (χ3n) is 5.35. The molecule has 28 heavy (non-hydrogen) atoms. The standard InChI is InChI=1S/C22H22FN3O2/c1-12(2)18-11-26(19-7-5-4-6-17(19)25-18)22(28)16-10-24-20-13(3)8-14(23)9-15(20)21(16)27/h4-10,12,18,25H,11H2,1-3H3,(H,24,27). The van der Waals surface area contributed by atoms with E-state index < -0.39 is 11.2 Å². The van der Waals surface area contributed by atoms with Gasteiger partial charge >= 0.3 is 0 Å². The Bertz CT molecular complexity index is 1140. The molecule has 0 saturated heterocycles. The summed E-state index contributed by atoms with van der Waals surface area (Å²) >= 11 is 0. The minimum Gasteiger partial charge on any atom is -0.379 e. The Hall–Kier alpha value is -3.15. The predicted molar refractivity (Wildman–Crippen MR) is 110 cm³/mol. The van der Waals surface area contributed by atoms with Gasteiger partial charge in [0.2, 0.25) is 5.43 Å². The van der Waals surface area contributed by atoms with Crippen LogP contribution in [0.15, 0.2) is 47.4 Å². The van der Waals surface area contributed by atoms with Crippen LogP contribution in [0.5, 0.6) is 0 Å². The highest BCUT2D eigenvalue weighted by atomic mass is 19.1. The van der Waals surface area contributed by atoms with Crippen LogP contribution in [0.3, 0.4) is 0 Å². The quantitative estimate of drug-likeness (QED) is 0.705. The second kappa shape index (κ2) is 6.78. The van der Waals surface area contributed by atoms with Crippen LogP contribution in [-0.4, -0.2) is 23.5 Å². The molecule has 3 aromatic rings. The van der Waals surface area contributed by atoms with E-state index in [9.17, 15) is 14.0 Å². The van der Waals surface area contributed by atoms with Gasteiger partial charge in [0.05, 0.1) is 16.9 Å². The highest BCUT2D eigenvalue weighted by Gasteiger charge is 2.31. The zero-order valence-corrected chi connectivity index (χ0v) is 16.0. The van der Waals surface area contributed by atoms with Crippen LogP contribution in [0.2, 0.25) is 0 Å². The number of anilines is 2. The number of rotatable bonds is 2. The number of hydrogen-bond acceptors (Lipinski definition) is 3. The van der Waals surface area contributed by atoms with E-state index in [1.54, 1.807) is 11.8 Å². The first kappa shape index (κ1) is 18.2. The van der Waals surface area contributed by atoms with Crippen LogP contribution >= 0.6 is 0 Å². The van der Waals surface area contributed by atoms with Gasteiger partial charge in [0, 0.05) is 24.2 Å². The van der Waals surface area contributed by atoms with Gasteiger partial charge in [-0.2, -0.15) is 0 Å². The maximum absolute atomic E-state index is 13.8. The number of fused-ring (bicyclic) bond motifs is 2. The van der Waals surface area contributed by atoms with Crippen molar-refractivity contribution < 1.29 is 9.18 Å². The summed E-state index contributed by atoms with van der Waals surface area (Å²) < 4.78 is 13.8. The first-order chi connectivity index (χ1) is 13.4. The average Bonchev–Trinajstić information content (AvgIpc) is 2.67. The van der Waals surface area contributed by atoms with E-state index in [1.165, 1.54) is 18.3 Å². The lowest BCUT2D eigenvalue weighted by Crippen LogP contribution is -2.47. The van der Waals surface area contributed by atoms with Crippen molar-refractivity contribution in [1.82, 2.24) is 4.98 Å². The molecule has 1 amide bonds. The second-order valence-electron chi connectivity index (χ2n) is 7.60. The molecule has 144 valence electrons. The summed E-state index contributed by atoms with van der Waals surface area (Å²) in [5.41, 5.74) is 2.32. The van der Waals surface area contributed by atoms with Gasteiger partial charge in [0.25, 0.3) is 5.91 Å². The Labute approximate surface area is 162 Å². The zero-order chi connectivity index (χ0) is 20.0. The van der Waals surface area contributed by atoms with Gasteiger partial charge in [-0.25, -0.2) is 4.39 Å². The molecule has 1 atom stereocenters. The van der Waals surface area contributed by atoms with Gasteiger partial charge in [0.15, 0.2) is 0 Å². The Kier molecular flexibility index (Phi) is 4.41. The summed E-state index contributed by atoms with van der Waals surface area (Å²) in [6, 6.07) is 10.2. The lowest BCUT2D eigenvalue weighted by Gasteiger charge is -2.37. The monoisotopic (exact) mass is 379 g/mol. The summed E-state index contributed by atoms with van der Waals surface area (Å²) in [6.45, 7) is 6.35. The van der Waals surface area contributed by atoms with Gasteiger partial charge < -0.3 is 15.2 Å². The fourth-order valence-electron chi connectivity index (χ4n) is 3.71. The first-order valence-electron chi connectivity index (χ1n) is 9.36. The van der Waals surface area contributed by atoms with Crippen LogP contribution in [0.4, 0.5) is 15.8 Å². The Balaban J connectivity index is 1.83. The third kappa shape index (κ3) is 2.95. The number of carbonyl (C=O) groups is 1. The zero-order valence-electron chi connectivity index (χ0n) is 16.0. The molecular formula is C22H22FN3O2. The molecule has 0 fully saturated rings. The summed E-state index contributed by atoms with van der Waals surface area (Å²) in [5, 5.41) is 3.65. The third-order valence-corrected chi connectivity index (χ3v) is 5.35. The topological polar surface area (TPSA) is 65.2 Å². The number of H-pyrrole nitrogens is 1. The van der Waals surface area contributed by atoms with Crippen molar-refractivity contribution in [2.45, 2.75) is 26.8 Å². The normalized spacial score (nSPS) is 16.2. The van der Waals surface area contributed by atoms with Gasteiger partial charge in [-0.1, -0.05) is 26.0 Å². The van der Waals surface area contributed by atoms with Crippen molar-refractivity contribution in [2.75, 3.05) is 16.8 Å². The summed E-state index contributed by atoms with van der Waals surface area (Å²) in [7, 11) is 0. The Morgan fingerprint density at radius 2 is 2.00 bits per heavy atom. The molecule has 0 radical (unpaired) electrons. The Morgan fingerprint density at radius 1 is 1.25 bits per heavy atom. The summed E-state index contributed by atoms with van der Waals surface area (Å²) in [4.78, 5) is 31.0. The van der Waals surface area contributed by atoms with E-state index >= 15 is 0 Å². The van der Waals surface area contributed by atoms with E-state index in [-0.39, 0.29) is 22.9 Å². The molecule has 1 aromatic heterocycles. The average molecular weight is 379 g/mol. The molecule has 1 unspecified atom stereocenters. The smallest absolute Gasteiger partial charge is 0.263 e. The van der Waals surface area contributed by atoms with Crippen molar-refractivity contribution in [3.05, 3.63) is 69.8 Å². The van der Waals surface area contributed by atoms with E-state index in [1.807, 2.05) is 24.3 Å². The van der Waals surface area contributed by atoms with Crippen molar-refractivity contribution in [3.8, 4) is 0 Å². The fourth-order valence-corrected chi connectivity index (χ4v) is 3.71. The molecule has 6 heteroatoms. The highest BCUT2D eigenvalue weighted by Crippen LogP contribution is 2.33. The number of halogens is 1. The fraction of sp³-hybridized carbons (Fsp3) is 0.273. The molecular weight excluding hydrogens is 357 g/mol. The van der Waals surface area contributed by atoms with Crippen molar-refractivity contribution in [3.63, 3.8) is 0 Å². The summed E-state index contributed by atoms with van der Waals surface area (Å²) in [6.07, 6.45) is 1.44. The van der Waals surface area contributed by atoms with Crippen molar-refractivity contribution in [1.29, 1.82) is 0 Å². The molecule has 1 aliphatic heterocycles. The van der Waals surface area contributed by atoms with E-state index in [0.717, 1.165) is 11.4 Å². The minimum absolute atomic E-state index is 0.0108. The summed E-state index contributed by atoms with van der Waals surface area (Å²) in [5.74, 6) is -0.576. The number of aryl methyl sites for hydroxylation is 1. The van der Waals surface area contributed by atoms with Crippen molar-refractivity contribution >= 4 is 28.2 Å². The molecule has 2 heterocycles. The highest BCUT2D eigenvalue weighted by molar-refractivity contribution is 6.09. The number of aromatic amines is 1. The van der Waals surface area contributed by atoms with E-state index in [2.05, 4.69) is 24.1 Å². The number of amides is 1. The van der Waals surface area contributed by atoms with Gasteiger partial charge in [-0.15, -0.1) is 0 Å². The number of aromatic nitrogens is 1. The second-order valence-corrected chi connectivity index (χ2v) is 7.60. The molecule has 0 bridgehead atoms. The maximum Gasteiger partial charge on any atom is 0.263 e. The lowest BCUT2D eigenvalue weighted by molar-refractivity contribution is 0.0982. The van der Waals surface area contributed by atoms with Crippen LogP contribution < -0.4 is 15.6 Å². The van der Waals surface area contributed by atoms with Gasteiger partial charge in [0.1, 0.15) is 11.4 Å². The van der Waals surface area contributed by atoms with E-state index in [0.29, 0.717) is 23.5 Å². The number of benzene rings is 2. The van der Waals surface area contributed by atoms with Crippen LogP contribution in [0.1, 0.15) is 29.8 Å². The molecule has 1 aliphatic rings. The van der Waals surface area contributed by atoms with Crippen molar-refractivity contribution in [2.24, 2.45) is 5.92 Å². The maximum atomic E-state index is 13.8. The molecule has 0 aliphatic carbocycles. The first-order valence-corrected chi connectivity index (χ1v) is 9.36. The molecule has 2 N–H and O–H groups in total. The number of pyridine rings is 1. The number of para-hydroxylation sites is 2. The largest absolute Gasteiger partial charge is 0.379 e. The number of nitrogens with zero attached hydrogens (tertiary/aromatic N) is 1. The van der Waals surface area contributed by atoms with E-state index in [4.69, 9.17) is 0 Å². The Morgan fingerprint density at radius 3 is 2.75 bits per heavy atom. The predicted octanol–water partition coefficient (Wildman–Crippen LogP) is 4.07. The molecule has 5 nitrogen and oxygen atoms in total. The van der Waals surface area contributed by atoms with Gasteiger partial charge in [-0.3, -0.25) is 9.59 Å². The molecule has 4 rings (SSSR count). The SMILES string of the molecule is Cc1cc(F)cc2c(=O)c(C(=O)N3CC(C(C)C)Nc4ccccc43)c[nH]c12. The van der Waals surface area contributed by atoms with Crippen LogP contribution in [-0.2, 0) is 0 Å². The molecule has 2 aromatic carbocycles.